The average Bonchev–Trinajstić information content (AvgIpc) is 3.34. The first-order valence-electron chi connectivity index (χ1n) is 12.4. The zero-order valence-electron chi connectivity index (χ0n) is 19.5. The Balaban J connectivity index is 1.23. The summed E-state index contributed by atoms with van der Waals surface area (Å²) in [6.07, 6.45) is 2.89. The lowest BCUT2D eigenvalue weighted by Gasteiger charge is -2.40. The number of ketones is 1. The Morgan fingerprint density at radius 2 is 1.76 bits per heavy atom. The normalized spacial score (nSPS) is 24.7. The van der Waals surface area contributed by atoms with Gasteiger partial charge in [-0.3, -0.25) is 14.5 Å². The number of piperidine rings is 1. The fourth-order valence-electron chi connectivity index (χ4n) is 6.40. The third-order valence-electron chi connectivity index (χ3n) is 8.13. The number of hydrogen-bond donors (Lipinski definition) is 1. The fourth-order valence-corrected chi connectivity index (χ4v) is 6.40. The molecule has 174 valence electrons. The number of para-hydroxylation sites is 1. The van der Waals surface area contributed by atoms with Gasteiger partial charge in [-0.25, -0.2) is 0 Å². The molecule has 0 bridgehead atoms. The van der Waals surface area contributed by atoms with E-state index in [1.165, 1.54) is 21.9 Å². The summed E-state index contributed by atoms with van der Waals surface area (Å²) in [4.78, 5) is 30.1. The van der Waals surface area contributed by atoms with Crippen molar-refractivity contribution >= 4 is 28.2 Å². The van der Waals surface area contributed by atoms with E-state index in [-0.39, 0.29) is 24.2 Å². The molecule has 0 spiro atoms. The fraction of sp³-hybridized carbons (Fsp3) is 0.379. The van der Waals surface area contributed by atoms with Crippen molar-refractivity contribution in [2.45, 2.75) is 56.7 Å². The minimum atomic E-state index is -1.75. The van der Waals surface area contributed by atoms with Crippen molar-refractivity contribution in [3.8, 4) is 0 Å². The smallest absolute Gasteiger partial charge is 0.264 e. The number of nitrogens with zero attached hydrogens (tertiary/aromatic N) is 2. The van der Waals surface area contributed by atoms with E-state index in [1.807, 2.05) is 18.2 Å². The van der Waals surface area contributed by atoms with Crippen molar-refractivity contribution in [3.05, 3.63) is 77.4 Å². The number of likely N-dealkylation sites (tertiary alicyclic amines) is 1. The van der Waals surface area contributed by atoms with Crippen LogP contribution in [0.2, 0.25) is 0 Å². The van der Waals surface area contributed by atoms with Gasteiger partial charge >= 0.3 is 0 Å². The number of anilines is 1. The van der Waals surface area contributed by atoms with E-state index < -0.39 is 5.60 Å². The second kappa shape index (κ2) is 8.03. The Kier molecular flexibility index (Phi) is 5.08. The second-order valence-electron chi connectivity index (χ2n) is 9.97. The maximum Gasteiger partial charge on any atom is 0.264 e. The topological polar surface area (TPSA) is 60.9 Å². The number of rotatable bonds is 5. The summed E-state index contributed by atoms with van der Waals surface area (Å²) in [6, 6.07) is 21.0. The van der Waals surface area contributed by atoms with Gasteiger partial charge in [-0.1, -0.05) is 61.5 Å². The molecule has 2 aliphatic heterocycles. The van der Waals surface area contributed by atoms with Crippen LogP contribution in [0.5, 0.6) is 0 Å². The van der Waals surface area contributed by atoms with Crippen molar-refractivity contribution in [1.29, 1.82) is 0 Å². The summed E-state index contributed by atoms with van der Waals surface area (Å²) in [7, 11) is 0. The van der Waals surface area contributed by atoms with Crippen LogP contribution in [0, 0.1) is 0 Å². The number of amides is 1. The molecule has 34 heavy (non-hydrogen) atoms. The van der Waals surface area contributed by atoms with Crippen LogP contribution in [0.4, 0.5) is 5.69 Å². The molecule has 6 rings (SSSR count). The Labute approximate surface area is 200 Å². The minimum Gasteiger partial charge on any atom is -0.375 e. The first-order chi connectivity index (χ1) is 16.5. The molecule has 2 heterocycles. The molecule has 1 amide bonds. The number of carbonyl (C=O) groups is 2. The monoisotopic (exact) mass is 454 g/mol. The minimum absolute atomic E-state index is 0.0234. The molecule has 3 aromatic carbocycles. The average molecular weight is 455 g/mol. The van der Waals surface area contributed by atoms with E-state index in [9.17, 15) is 14.7 Å². The molecule has 5 heteroatoms. The lowest BCUT2D eigenvalue weighted by Crippen LogP contribution is -2.50. The molecule has 1 N–H and O–H groups in total. The van der Waals surface area contributed by atoms with Gasteiger partial charge in [-0.05, 0) is 47.2 Å². The van der Waals surface area contributed by atoms with Gasteiger partial charge in [-0.2, -0.15) is 0 Å². The summed E-state index contributed by atoms with van der Waals surface area (Å²) in [5.41, 5.74) is 2.43. The first-order valence-corrected chi connectivity index (χ1v) is 12.4. The maximum absolute atomic E-state index is 13.6. The predicted octanol–water partition coefficient (Wildman–Crippen LogP) is 4.51. The number of Topliss-reactive ketones (excluding diaryl/α,β-unsaturated/α-hetero) is 1. The molecule has 1 aliphatic carbocycles. The molecular weight excluding hydrogens is 424 g/mol. The number of carbonyl (C=O) groups excluding carboxylic acids is 2. The van der Waals surface area contributed by atoms with Gasteiger partial charge in [0.25, 0.3) is 5.91 Å². The van der Waals surface area contributed by atoms with Crippen molar-refractivity contribution < 1.29 is 14.7 Å². The highest BCUT2D eigenvalue weighted by Gasteiger charge is 2.52. The van der Waals surface area contributed by atoms with Crippen molar-refractivity contribution in [2.24, 2.45) is 0 Å². The maximum atomic E-state index is 13.6. The van der Waals surface area contributed by atoms with Gasteiger partial charge < -0.3 is 10.0 Å². The van der Waals surface area contributed by atoms with Crippen LogP contribution >= 0.6 is 0 Å². The molecule has 1 saturated heterocycles. The van der Waals surface area contributed by atoms with E-state index in [0.717, 1.165) is 38.0 Å². The number of fused-ring (bicyclic) bond motifs is 1. The van der Waals surface area contributed by atoms with Crippen LogP contribution in [0.1, 0.15) is 55.3 Å². The van der Waals surface area contributed by atoms with Crippen molar-refractivity contribution in [2.75, 3.05) is 18.0 Å². The van der Waals surface area contributed by atoms with E-state index in [1.54, 1.807) is 17.9 Å². The van der Waals surface area contributed by atoms with E-state index >= 15 is 0 Å². The SMILES string of the molecule is CCC(=O)CC1(O)C(=O)N(C2CCN(C3Cc4cccc5cccc3c45)CC2)c2ccccc21. The van der Waals surface area contributed by atoms with Crippen LogP contribution in [0.15, 0.2) is 60.7 Å². The Hall–Kier alpha value is -3.02. The largest absolute Gasteiger partial charge is 0.375 e. The highest BCUT2D eigenvalue weighted by molar-refractivity contribution is 6.09. The third kappa shape index (κ3) is 3.14. The highest BCUT2D eigenvalue weighted by atomic mass is 16.3. The molecule has 0 saturated carbocycles. The van der Waals surface area contributed by atoms with Crippen LogP contribution in [0.3, 0.4) is 0 Å². The number of aliphatic hydroxyl groups is 1. The molecule has 0 aromatic heterocycles. The third-order valence-corrected chi connectivity index (χ3v) is 8.13. The van der Waals surface area contributed by atoms with Crippen molar-refractivity contribution in [1.82, 2.24) is 4.90 Å². The summed E-state index contributed by atoms with van der Waals surface area (Å²) in [5.74, 6) is -0.440. The molecular formula is C29H30N2O3. The zero-order chi connectivity index (χ0) is 23.4. The van der Waals surface area contributed by atoms with Crippen molar-refractivity contribution in [3.63, 3.8) is 0 Å². The van der Waals surface area contributed by atoms with E-state index in [0.29, 0.717) is 18.0 Å². The number of benzene rings is 3. The second-order valence-corrected chi connectivity index (χ2v) is 9.97. The lowest BCUT2D eigenvalue weighted by molar-refractivity contribution is -0.142. The van der Waals surface area contributed by atoms with Gasteiger partial charge in [0, 0.05) is 43.6 Å². The Morgan fingerprint density at radius 1 is 1.03 bits per heavy atom. The standard InChI is InChI=1S/C29H30N2O3/c1-2-22(32)18-29(34)24-11-3-4-12-25(24)31(28(29)33)21-13-15-30(16-14-21)26-17-20-9-5-7-19-8-6-10-23(26)27(19)20/h3-12,21,26,34H,2,13-18H2,1H3. The summed E-state index contributed by atoms with van der Waals surface area (Å²) in [5, 5.41) is 14.1. The summed E-state index contributed by atoms with van der Waals surface area (Å²) >= 11 is 0. The first kappa shape index (κ1) is 21.5. The predicted molar refractivity (Wildman–Crippen MR) is 133 cm³/mol. The lowest BCUT2D eigenvalue weighted by atomic mass is 9.89. The van der Waals surface area contributed by atoms with Crippen LogP contribution < -0.4 is 4.90 Å². The summed E-state index contributed by atoms with van der Waals surface area (Å²) in [6.45, 7) is 3.57. The molecule has 2 unspecified atom stereocenters. The molecule has 2 atom stereocenters. The quantitative estimate of drug-likeness (QED) is 0.617. The van der Waals surface area contributed by atoms with E-state index in [2.05, 4.69) is 41.3 Å². The molecule has 3 aliphatic rings. The van der Waals surface area contributed by atoms with Gasteiger partial charge in [-0.15, -0.1) is 0 Å². The Morgan fingerprint density at radius 3 is 2.53 bits per heavy atom. The molecule has 0 radical (unpaired) electrons. The molecule has 3 aromatic rings. The summed E-state index contributed by atoms with van der Waals surface area (Å²) < 4.78 is 0. The van der Waals surface area contributed by atoms with Crippen LogP contribution in [0.25, 0.3) is 10.8 Å². The van der Waals surface area contributed by atoms with E-state index in [4.69, 9.17) is 0 Å². The van der Waals surface area contributed by atoms with Gasteiger partial charge in [0.2, 0.25) is 0 Å². The molecule has 1 fully saturated rings. The zero-order valence-corrected chi connectivity index (χ0v) is 19.5. The van der Waals surface area contributed by atoms with Crippen LogP contribution in [-0.4, -0.2) is 40.8 Å². The molecule has 5 nitrogen and oxygen atoms in total. The van der Waals surface area contributed by atoms with Crippen LogP contribution in [-0.2, 0) is 21.6 Å². The van der Waals surface area contributed by atoms with Gasteiger partial charge in [0.05, 0.1) is 5.69 Å². The highest BCUT2D eigenvalue weighted by Crippen LogP contribution is 2.46. The van der Waals surface area contributed by atoms with Gasteiger partial charge in [0.15, 0.2) is 5.60 Å². The number of hydrogen-bond acceptors (Lipinski definition) is 4. The Bertz CT molecular complexity index is 1290. The van der Waals surface area contributed by atoms with Gasteiger partial charge in [0.1, 0.15) is 5.78 Å².